The van der Waals surface area contributed by atoms with E-state index in [0.29, 0.717) is 79.5 Å². The largest absolute Gasteiger partial charge is 0.508 e. The third kappa shape index (κ3) is 12.4. The first kappa shape index (κ1) is 54.0. The van der Waals surface area contributed by atoms with Crippen molar-refractivity contribution < 1.29 is 43.0 Å². The van der Waals surface area contributed by atoms with E-state index < -0.39 is 41.6 Å². The Kier molecular flexibility index (Phi) is 17.4. The predicted molar refractivity (Wildman–Crippen MR) is 291 cm³/mol. The van der Waals surface area contributed by atoms with E-state index in [-0.39, 0.29) is 78.7 Å². The number of likely N-dealkylation sites (N-methyl/N-ethyl adjacent to an activating group) is 1. The number of phenolic OH excluding ortho intramolecular Hbond substituents is 1. The number of ether oxygens (including phenoxy) is 2. The number of aliphatic hydroxyl groups is 1. The molecule has 9 rings (SSSR count). The molecular formula is C55H62ClFN10O8S. The molecule has 7 aromatic rings. The number of aromatic hydroxyl groups is 1. The average molecular weight is 1080 g/mol. The lowest BCUT2D eigenvalue weighted by atomic mass is 9.83. The number of anilines is 2. The van der Waals surface area contributed by atoms with Gasteiger partial charge in [0.1, 0.15) is 41.1 Å². The van der Waals surface area contributed by atoms with Gasteiger partial charge in [-0.1, -0.05) is 60.1 Å². The molecule has 400 valence electrons. The minimum Gasteiger partial charge on any atom is -0.508 e. The zero-order valence-electron chi connectivity index (χ0n) is 42.8. The third-order valence-corrected chi connectivity index (χ3v) is 15.3. The molecule has 3 unspecified atom stereocenters. The van der Waals surface area contributed by atoms with Gasteiger partial charge in [-0.15, -0.1) is 11.3 Å². The van der Waals surface area contributed by atoms with Gasteiger partial charge in [-0.3, -0.25) is 19.7 Å². The molecule has 0 spiro atoms. The van der Waals surface area contributed by atoms with Crippen LogP contribution in [0.2, 0.25) is 5.02 Å². The normalized spacial score (nSPS) is 15.9. The van der Waals surface area contributed by atoms with Crippen molar-refractivity contribution in [3.8, 4) is 33.1 Å². The van der Waals surface area contributed by atoms with Crippen LogP contribution in [0.25, 0.3) is 43.2 Å². The number of rotatable bonds is 21. The van der Waals surface area contributed by atoms with Gasteiger partial charge in [-0.05, 0) is 85.0 Å². The molecular weight excluding hydrogens is 1020 g/mol. The summed E-state index contributed by atoms with van der Waals surface area (Å²) in [5.74, 6) is -2.08. The first-order valence-corrected chi connectivity index (χ1v) is 26.8. The average Bonchev–Trinajstić information content (AvgIpc) is 4.21. The number of aryl methyl sites for hydroxylation is 2. The quantitative estimate of drug-likeness (QED) is 0.0392. The van der Waals surface area contributed by atoms with Crippen LogP contribution in [-0.2, 0) is 25.5 Å². The number of fused-ring (bicyclic) bond motifs is 2. The number of phenols is 1. The summed E-state index contributed by atoms with van der Waals surface area (Å²) in [6, 6.07) is 19.1. The molecule has 5 heterocycles. The maximum absolute atomic E-state index is 16.9. The third-order valence-electron chi connectivity index (χ3n) is 14.0. The highest BCUT2D eigenvalue weighted by Crippen LogP contribution is 2.43. The van der Waals surface area contributed by atoms with E-state index in [0.717, 1.165) is 33.3 Å². The predicted octanol–water partition coefficient (Wildman–Crippen LogP) is 7.16. The van der Waals surface area contributed by atoms with Crippen molar-refractivity contribution in [2.75, 3.05) is 82.9 Å². The number of nitrogens with zero attached hydrogens (tertiary/aromatic N) is 6. The number of carbonyl (C=O) groups is 3. The Balaban J connectivity index is 0.812. The Labute approximate surface area is 448 Å². The molecule has 21 heteroatoms. The monoisotopic (exact) mass is 1080 g/mol. The van der Waals surface area contributed by atoms with Crippen LogP contribution in [0.3, 0.4) is 0 Å². The lowest BCUT2D eigenvalue weighted by molar-refractivity contribution is -0.134. The van der Waals surface area contributed by atoms with Crippen molar-refractivity contribution >= 4 is 74.1 Å². The van der Waals surface area contributed by atoms with Crippen molar-refractivity contribution in [1.29, 1.82) is 0 Å². The highest BCUT2D eigenvalue weighted by molar-refractivity contribution is 7.13. The summed E-state index contributed by atoms with van der Waals surface area (Å²) in [6.45, 7) is 9.85. The maximum Gasteiger partial charge on any atom is 0.243 e. The Bertz CT molecular complexity index is 3220. The summed E-state index contributed by atoms with van der Waals surface area (Å²) in [7, 11) is 1.69. The number of imide groups is 1. The Morgan fingerprint density at radius 3 is 2.59 bits per heavy atom. The van der Waals surface area contributed by atoms with Crippen LogP contribution in [0.4, 0.5) is 16.2 Å². The Hall–Kier alpha value is -6.81. The molecule has 2 fully saturated rings. The summed E-state index contributed by atoms with van der Waals surface area (Å²) in [5, 5.41) is 40.6. The summed E-state index contributed by atoms with van der Waals surface area (Å²) >= 11 is 8.38. The molecule has 0 radical (unpaired) electrons. The van der Waals surface area contributed by atoms with Crippen LogP contribution in [-0.4, -0.2) is 138 Å². The number of aliphatic hydroxyl groups excluding tert-OH is 1. The number of amides is 3. The first-order chi connectivity index (χ1) is 36.7. The fraction of sp³-hybridized carbons (Fsp3) is 0.400. The van der Waals surface area contributed by atoms with Gasteiger partial charge in [0.25, 0.3) is 0 Å². The highest BCUT2D eigenvalue weighted by Gasteiger charge is 2.37. The Morgan fingerprint density at radius 2 is 1.84 bits per heavy atom. The van der Waals surface area contributed by atoms with Crippen molar-refractivity contribution in [3.05, 3.63) is 106 Å². The van der Waals surface area contributed by atoms with Crippen LogP contribution in [0.1, 0.15) is 54.8 Å². The standard InChI is InChI=1S/C55H62ClFN10O8S/c1-31-24-45(75-65-31)47(54(72)64-53(71)42-10-7-14-59-42)32(2)43(69)26-35-11-12-36(51-33(3)61-30-76-51)27-44(35)74-23-22-73-21-20-66(4)46(70)13-15-60-55-62-50-40(52(63-55)67-18-16-58-17-19-67)29-41(56)48(49(50)57)39-28-37(68)25-34-8-5-6-9-38(34)39/h5-6,8-9,11-12,24-25,27-30,32,42-43,47,58-59,68-69H,7,10,13-23,26H2,1-4H3,(H,60,62,63)(H,64,71,72)/t32?,42-,43?,47?/m0/s1. The molecule has 2 aliphatic heterocycles. The van der Waals surface area contributed by atoms with Gasteiger partial charge in [-0.2, -0.15) is 4.98 Å². The summed E-state index contributed by atoms with van der Waals surface area (Å²) in [6.07, 6.45) is 0.601. The van der Waals surface area contributed by atoms with Crippen molar-refractivity contribution in [2.45, 2.75) is 64.5 Å². The van der Waals surface area contributed by atoms with Crippen LogP contribution in [0.15, 0.2) is 76.8 Å². The van der Waals surface area contributed by atoms with Crippen LogP contribution in [0.5, 0.6) is 11.5 Å². The number of nitrogens with one attached hydrogen (secondary N) is 4. The number of piperazine rings is 1. The SMILES string of the molecule is Cc1cc(C(C(=O)NC(=O)[C@@H]2CCCN2)C(C)C(O)Cc2ccc(-c3scnc3C)cc2OCCOCCN(C)C(=O)CCNc2nc(N3CCNCC3)c3cc(Cl)c(-c4cc(O)cc5ccccc45)c(F)c3n2)on1. The molecule has 3 amide bonds. The van der Waals surface area contributed by atoms with Crippen molar-refractivity contribution in [2.24, 2.45) is 5.92 Å². The molecule has 2 saturated heterocycles. The van der Waals surface area contributed by atoms with E-state index in [1.807, 2.05) is 49.4 Å². The molecule has 6 N–H and O–H groups in total. The molecule has 3 aromatic heterocycles. The van der Waals surface area contributed by atoms with Gasteiger partial charge in [0.15, 0.2) is 5.82 Å². The second kappa shape index (κ2) is 24.5. The second-order valence-electron chi connectivity index (χ2n) is 19.3. The van der Waals surface area contributed by atoms with Gasteiger partial charge < -0.3 is 50.0 Å². The molecule has 4 aromatic carbocycles. The van der Waals surface area contributed by atoms with Gasteiger partial charge in [0, 0.05) is 82.1 Å². The van der Waals surface area contributed by atoms with E-state index in [1.54, 1.807) is 49.5 Å². The lowest BCUT2D eigenvalue weighted by Crippen LogP contribution is -2.46. The van der Waals surface area contributed by atoms with Gasteiger partial charge >= 0.3 is 0 Å². The minimum atomic E-state index is -1.07. The van der Waals surface area contributed by atoms with E-state index in [1.165, 1.54) is 17.4 Å². The fourth-order valence-corrected chi connectivity index (χ4v) is 10.9. The molecule has 0 aliphatic carbocycles. The number of aromatic nitrogens is 4. The van der Waals surface area contributed by atoms with Gasteiger partial charge in [0.2, 0.25) is 23.7 Å². The van der Waals surface area contributed by atoms with E-state index in [2.05, 4.69) is 41.3 Å². The molecule has 0 bridgehead atoms. The number of carbonyl (C=O) groups excluding carboxylic acids is 3. The first-order valence-electron chi connectivity index (χ1n) is 25.5. The summed E-state index contributed by atoms with van der Waals surface area (Å²) < 4.78 is 34.7. The molecule has 2 aliphatic rings. The zero-order valence-corrected chi connectivity index (χ0v) is 44.4. The minimum absolute atomic E-state index is 0.0241. The Morgan fingerprint density at radius 1 is 1.03 bits per heavy atom. The molecule has 0 saturated carbocycles. The molecule has 76 heavy (non-hydrogen) atoms. The summed E-state index contributed by atoms with van der Waals surface area (Å²) in [4.78, 5) is 58.5. The highest BCUT2D eigenvalue weighted by atomic mass is 35.5. The van der Waals surface area contributed by atoms with E-state index >= 15 is 4.39 Å². The number of halogens is 2. The maximum atomic E-state index is 16.9. The number of hydrogen-bond donors (Lipinski definition) is 6. The lowest BCUT2D eigenvalue weighted by Gasteiger charge is -2.29. The van der Waals surface area contributed by atoms with E-state index in [4.69, 9.17) is 30.6 Å². The smallest absolute Gasteiger partial charge is 0.243 e. The van der Waals surface area contributed by atoms with Gasteiger partial charge in [0.05, 0.1) is 52.2 Å². The van der Waals surface area contributed by atoms with Crippen molar-refractivity contribution in [1.82, 2.24) is 41.0 Å². The molecule has 4 atom stereocenters. The second-order valence-corrected chi connectivity index (χ2v) is 20.6. The molecule has 18 nitrogen and oxygen atoms in total. The fourth-order valence-electron chi connectivity index (χ4n) is 9.80. The number of benzene rings is 4. The van der Waals surface area contributed by atoms with Crippen LogP contribution >= 0.6 is 22.9 Å². The number of thiazole rings is 1. The summed E-state index contributed by atoms with van der Waals surface area (Å²) in [5.41, 5.74) is 5.40. The van der Waals surface area contributed by atoms with Crippen molar-refractivity contribution in [3.63, 3.8) is 0 Å². The topological polar surface area (TPSA) is 229 Å². The zero-order chi connectivity index (χ0) is 53.5. The number of hydrogen-bond acceptors (Lipinski definition) is 17. The van der Waals surface area contributed by atoms with Crippen LogP contribution < -0.4 is 30.9 Å². The van der Waals surface area contributed by atoms with Gasteiger partial charge in [-0.25, -0.2) is 14.4 Å². The van der Waals surface area contributed by atoms with E-state index in [9.17, 15) is 24.6 Å². The van der Waals surface area contributed by atoms with Crippen LogP contribution in [0, 0.1) is 25.6 Å².